The molecule has 1 aromatic rings. The van der Waals surface area contributed by atoms with Crippen molar-refractivity contribution in [3.05, 3.63) is 35.9 Å². The zero-order valence-corrected chi connectivity index (χ0v) is 14.3. The van der Waals surface area contributed by atoms with Gasteiger partial charge in [-0.25, -0.2) is 0 Å². The van der Waals surface area contributed by atoms with Crippen molar-refractivity contribution in [3.8, 4) is 0 Å². The molecule has 0 unspecified atom stereocenters. The summed E-state index contributed by atoms with van der Waals surface area (Å²) in [7, 11) is 0. The van der Waals surface area contributed by atoms with Crippen LogP contribution in [-0.4, -0.2) is 41.8 Å². The number of benzene rings is 1. The number of carboxylic acid groups (broad SMARTS) is 1. The van der Waals surface area contributed by atoms with Gasteiger partial charge in [-0.2, -0.15) is 0 Å². The molecule has 2 atom stereocenters. The summed E-state index contributed by atoms with van der Waals surface area (Å²) < 4.78 is 11.5. The minimum Gasteiger partial charge on any atom is -0.481 e. The average molecular weight is 347 g/mol. The summed E-state index contributed by atoms with van der Waals surface area (Å²) in [4.78, 5) is 24.0. The molecule has 136 valence electrons. The van der Waals surface area contributed by atoms with Crippen molar-refractivity contribution in [1.29, 1.82) is 0 Å². The molecule has 25 heavy (non-hydrogen) atoms. The normalized spacial score (nSPS) is 25.4. The Kier molecular flexibility index (Phi) is 5.71. The number of ether oxygens (including phenoxy) is 2. The second-order valence-corrected chi connectivity index (χ2v) is 6.90. The molecule has 1 aliphatic heterocycles. The number of amides is 1. The highest BCUT2D eigenvalue weighted by Gasteiger charge is 2.43. The molecule has 1 saturated carbocycles. The average Bonchev–Trinajstić information content (AvgIpc) is 3.10. The maximum atomic E-state index is 12.9. The topological polar surface area (TPSA) is 84.9 Å². The highest BCUT2D eigenvalue weighted by atomic mass is 16.5. The lowest BCUT2D eigenvalue weighted by atomic mass is 9.92. The molecule has 1 aromatic carbocycles. The second-order valence-electron chi connectivity index (χ2n) is 6.90. The molecule has 0 radical (unpaired) electrons. The summed E-state index contributed by atoms with van der Waals surface area (Å²) in [5, 5.41) is 12.1. The van der Waals surface area contributed by atoms with E-state index in [1.165, 1.54) is 0 Å². The summed E-state index contributed by atoms with van der Waals surface area (Å²) in [6, 6.07) is 9.69. The van der Waals surface area contributed by atoms with Crippen molar-refractivity contribution in [2.45, 2.75) is 50.4 Å². The molecule has 3 rings (SSSR count). The largest absolute Gasteiger partial charge is 0.481 e. The molecule has 1 aliphatic carbocycles. The van der Waals surface area contributed by atoms with Crippen LogP contribution >= 0.6 is 0 Å². The molecular weight excluding hydrogens is 322 g/mol. The lowest BCUT2D eigenvalue weighted by Crippen LogP contribution is -2.54. The van der Waals surface area contributed by atoms with Gasteiger partial charge in [0.25, 0.3) is 5.91 Å². The third kappa shape index (κ3) is 4.38. The summed E-state index contributed by atoms with van der Waals surface area (Å²) in [5.41, 5.74) is 0.128. The van der Waals surface area contributed by atoms with Gasteiger partial charge in [0.2, 0.25) is 0 Å². The molecule has 1 heterocycles. The van der Waals surface area contributed by atoms with Gasteiger partial charge in [0, 0.05) is 32.1 Å². The number of carbonyl (C=O) groups is 2. The lowest BCUT2D eigenvalue weighted by molar-refractivity contribution is -0.164. The second kappa shape index (κ2) is 7.97. The number of nitrogens with one attached hydrogen (secondary N) is 1. The standard InChI is InChI=1S/C19H25NO5/c21-17(22)15-6-7-16(12-15)20-18(23)19(8-10-24-11-9-19)25-13-14-4-2-1-3-5-14/h1-5,15-16H,6-13H2,(H,20,23)(H,21,22)/t15-,16+/m1/s1. The first-order valence-corrected chi connectivity index (χ1v) is 8.88. The minimum atomic E-state index is -0.893. The Bertz CT molecular complexity index is 597. The predicted molar refractivity (Wildman–Crippen MR) is 90.9 cm³/mol. The highest BCUT2D eigenvalue weighted by molar-refractivity contribution is 5.85. The van der Waals surface area contributed by atoms with Gasteiger partial charge in [-0.1, -0.05) is 30.3 Å². The molecule has 1 saturated heterocycles. The summed E-state index contributed by atoms with van der Waals surface area (Å²) in [6.45, 7) is 1.35. The number of aliphatic carboxylic acids is 1. The van der Waals surface area contributed by atoms with Crippen LogP contribution < -0.4 is 5.32 Å². The van der Waals surface area contributed by atoms with Crippen LogP contribution in [0.1, 0.15) is 37.7 Å². The molecule has 2 aliphatic rings. The quantitative estimate of drug-likeness (QED) is 0.823. The van der Waals surface area contributed by atoms with Crippen molar-refractivity contribution in [3.63, 3.8) is 0 Å². The van der Waals surface area contributed by atoms with Gasteiger partial charge in [-0.15, -0.1) is 0 Å². The van der Waals surface area contributed by atoms with E-state index in [9.17, 15) is 9.59 Å². The molecular formula is C19H25NO5. The van der Waals surface area contributed by atoms with E-state index in [0.717, 1.165) is 5.56 Å². The number of rotatable bonds is 6. The Balaban J connectivity index is 1.63. The Morgan fingerprint density at radius 1 is 1.20 bits per heavy atom. The maximum absolute atomic E-state index is 12.9. The number of hydrogen-bond donors (Lipinski definition) is 2. The maximum Gasteiger partial charge on any atom is 0.306 e. The Morgan fingerprint density at radius 3 is 2.56 bits per heavy atom. The van der Waals surface area contributed by atoms with Crippen LogP contribution in [-0.2, 0) is 25.7 Å². The Hall–Kier alpha value is -1.92. The number of carbonyl (C=O) groups excluding carboxylic acids is 1. The fourth-order valence-corrected chi connectivity index (χ4v) is 3.59. The van der Waals surface area contributed by atoms with Crippen LogP contribution in [0.5, 0.6) is 0 Å². The third-order valence-corrected chi connectivity index (χ3v) is 5.19. The summed E-state index contributed by atoms with van der Waals surface area (Å²) >= 11 is 0. The number of carboxylic acids is 1. The van der Waals surface area contributed by atoms with E-state index in [1.807, 2.05) is 30.3 Å². The molecule has 0 aromatic heterocycles. The van der Waals surface area contributed by atoms with Crippen LogP contribution in [0.25, 0.3) is 0 Å². The van der Waals surface area contributed by atoms with Gasteiger partial charge in [-0.3, -0.25) is 9.59 Å². The zero-order chi connectivity index (χ0) is 17.7. The molecule has 6 heteroatoms. The van der Waals surface area contributed by atoms with Crippen LogP contribution in [0.15, 0.2) is 30.3 Å². The van der Waals surface area contributed by atoms with Gasteiger partial charge in [0.05, 0.1) is 12.5 Å². The van der Waals surface area contributed by atoms with Crippen molar-refractivity contribution in [2.24, 2.45) is 5.92 Å². The van der Waals surface area contributed by atoms with Gasteiger partial charge in [0.1, 0.15) is 0 Å². The van der Waals surface area contributed by atoms with Crippen molar-refractivity contribution in [2.75, 3.05) is 13.2 Å². The lowest BCUT2D eigenvalue weighted by Gasteiger charge is -2.36. The van der Waals surface area contributed by atoms with Crippen molar-refractivity contribution >= 4 is 11.9 Å². The first-order chi connectivity index (χ1) is 12.1. The minimum absolute atomic E-state index is 0.0892. The van der Waals surface area contributed by atoms with Crippen LogP contribution in [0, 0.1) is 5.92 Å². The molecule has 1 amide bonds. The van der Waals surface area contributed by atoms with E-state index in [-0.39, 0.29) is 17.9 Å². The number of hydrogen-bond acceptors (Lipinski definition) is 4. The predicted octanol–water partition coefficient (Wildman–Crippen LogP) is 2.12. The van der Waals surface area contributed by atoms with Gasteiger partial charge in [-0.05, 0) is 24.8 Å². The monoisotopic (exact) mass is 347 g/mol. The first kappa shape index (κ1) is 17.9. The van der Waals surface area contributed by atoms with Crippen LogP contribution in [0.2, 0.25) is 0 Å². The fraction of sp³-hybridized carbons (Fsp3) is 0.579. The van der Waals surface area contributed by atoms with Crippen LogP contribution in [0.4, 0.5) is 0 Å². The zero-order valence-electron chi connectivity index (χ0n) is 14.3. The molecule has 0 spiro atoms. The van der Waals surface area contributed by atoms with Crippen LogP contribution in [0.3, 0.4) is 0 Å². The SMILES string of the molecule is O=C(O)[C@@H]1CC[C@H](NC(=O)C2(OCc3ccccc3)CCOCC2)C1. The first-order valence-electron chi connectivity index (χ1n) is 8.88. The van der Waals surface area contributed by atoms with Gasteiger partial charge in [0.15, 0.2) is 5.60 Å². The fourth-order valence-electron chi connectivity index (χ4n) is 3.59. The molecule has 6 nitrogen and oxygen atoms in total. The van der Waals surface area contributed by atoms with Crippen molar-refractivity contribution < 1.29 is 24.2 Å². The summed E-state index contributed by atoms with van der Waals surface area (Å²) in [5.74, 6) is -1.28. The van der Waals surface area contributed by atoms with Gasteiger partial charge < -0.3 is 19.9 Å². The van der Waals surface area contributed by atoms with E-state index in [4.69, 9.17) is 14.6 Å². The highest BCUT2D eigenvalue weighted by Crippen LogP contribution is 2.30. The third-order valence-electron chi connectivity index (χ3n) is 5.19. The molecule has 2 fully saturated rings. The molecule has 2 N–H and O–H groups in total. The van der Waals surface area contributed by atoms with E-state index >= 15 is 0 Å². The smallest absolute Gasteiger partial charge is 0.306 e. The van der Waals surface area contributed by atoms with Gasteiger partial charge >= 0.3 is 5.97 Å². The van der Waals surface area contributed by atoms with E-state index < -0.39 is 11.6 Å². The van der Waals surface area contributed by atoms with E-state index in [2.05, 4.69) is 5.32 Å². The van der Waals surface area contributed by atoms with E-state index in [0.29, 0.717) is 51.9 Å². The Labute approximate surface area is 147 Å². The van der Waals surface area contributed by atoms with E-state index in [1.54, 1.807) is 0 Å². The summed E-state index contributed by atoms with van der Waals surface area (Å²) in [6.07, 6.45) is 2.84. The van der Waals surface area contributed by atoms with Crippen molar-refractivity contribution in [1.82, 2.24) is 5.32 Å². The molecule has 0 bridgehead atoms. The Morgan fingerprint density at radius 2 is 1.92 bits per heavy atom.